The Kier molecular flexibility index (Phi) is 4.95. The number of hydrogen-bond acceptors (Lipinski definition) is 3. The lowest BCUT2D eigenvalue weighted by atomic mass is 10.1. The van der Waals surface area contributed by atoms with Gasteiger partial charge in [0, 0.05) is 19.6 Å². The molecule has 0 aromatic heterocycles. The number of benzene rings is 1. The molecule has 1 fully saturated rings. The van der Waals surface area contributed by atoms with E-state index in [2.05, 4.69) is 64.6 Å². The fraction of sp³-hybridized carbons (Fsp3) is 0.667. The largest absolute Gasteiger partial charge is 0.488 e. The lowest BCUT2D eigenvalue weighted by Crippen LogP contribution is -2.44. The highest BCUT2D eigenvalue weighted by Crippen LogP contribution is 2.23. The zero-order chi connectivity index (χ0) is 15.6. The van der Waals surface area contributed by atoms with Crippen molar-refractivity contribution < 1.29 is 9.47 Å². The Balaban J connectivity index is 2.09. The summed E-state index contributed by atoms with van der Waals surface area (Å²) in [5.74, 6) is 0.965. The molecular weight excluding hydrogens is 262 g/mol. The second-order valence-corrected chi connectivity index (χ2v) is 7.32. The first kappa shape index (κ1) is 16.3. The van der Waals surface area contributed by atoms with Gasteiger partial charge >= 0.3 is 0 Å². The lowest BCUT2D eigenvalue weighted by molar-refractivity contribution is -0.0705. The SMILES string of the molecule is Cc1cc(CN2CC(C)OC(C)C2)cc(OC(C)(C)C)c1. The lowest BCUT2D eigenvalue weighted by Gasteiger charge is -2.35. The average molecular weight is 291 g/mol. The summed E-state index contributed by atoms with van der Waals surface area (Å²) < 4.78 is 11.8. The van der Waals surface area contributed by atoms with Crippen LogP contribution in [0.15, 0.2) is 18.2 Å². The van der Waals surface area contributed by atoms with Gasteiger partial charge in [0.15, 0.2) is 0 Å². The van der Waals surface area contributed by atoms with E-state index in [9.17, 15) is 0 Å². The molecule has 0 bridgehead atoms. The van der Waals surface area contributed by atoms with Crippen LogP contribution >= 0.6 is 0 Å². The summed E-state index contributed by atoms with van der Waals surface area (Å²) in [5.41, 5.74) is 2.41. The molecule has 0 radical (unpaired) electrons. The van der Waals surface area contributed by atoms with Crippen molar-refractivity contribution in [2.24, 2.45) is 0 Å². The van der Waals surface area contributed by atoms with Crippen molar-refractivity contribution in [3.8, 4) is 5.75 Å². The summed E-state index contributed by atoms with van der Waals surface area (Å²) in [6.07, 6.45) is 0.618. The van der Waals surface area contributed by atoms with E-state index in [0.29, 0.717) is 12.2 Å². The molecule has 1 saturated heterocycles. The van der Waals surface area contributed by atoms with Crippen molar-refractivity contribution in [2.45, 2.75) is 65.9 Å². The summed E-state index contributed by atoms with van der Waals surface area (Å²) in [7, 11) is 0. The predicted octanol–water partition coefficient (Wildman–Crippen LogP) is 3.78. The Morgan fingerprint density at radius 1 is 1.14 bits per heavy atom. The number of hydrogen-bond donors (Lipinski definition) is 0. The van der Waals surface area contributed by atoms with Gasteiger partial charge in [-0.25, -0.2) is 0 Å². The smallest absolute Gasteiger partial charge is 0.120 e. The average Bonchev–Trinajstić information content (AvgIpc) is 2.23. The van der Waals surface area contributed by atoms with Crippen LogP contribution in [0, 0.1) is 6.92 Å². The highest BCUT2D eigenvalue weighted by Gasteiger charge is 2.22. The molecular formula is C18H29NO2. The van der Waals surface area contributed by atoms with Crippen molar-refractivity contribution in [2.75, 3.05) is 13.1 Å². The van der Waals surface area contributed by atoms with Crippen molar-refractivity contribution in [3.05, 3.63) is 29.3 Å². The van der Waals surface area contributed by atoms with E-state index in [1.54, 1.807) is 0 Å². The van der Waals surface area contributed by atoms with E-state index in [4.69, 9.17) is 9.47 Å². The monoisotopic (exact) mass is 291 g/mol. The third-order valence-corrected chi connectivity index (χ3v) is 3.44. The molecule has 0 amide bonds. The van der Waals surface area contributed by atoms with Crippen molar-refractivity contribution in [3.63, 3.8) is 0 Å². The van der Waals surface area contributed by atoms with E-state index in [1.165, 1.54) is 11.1 Å². The molecule has 118 valence electrons. The van der Waals surface area contributed by atoms with Crippen molar-refractivity contribution >= 4 is 0 Å². The van der Waals surface area contributed by atoms with Gasteiger partial charge in [0.25, 0.3) is 0 Å². The normalized spacial score (nSPS) is 24.1. The highest BCUT2D eigenvalue weighted by atomic mass is 16.5. The molecule has 1 aromatic rings. The van der Waals surface area contributed by atoms with Crippen LogP contribution in [0.3, 0.4) is 0 Å². The molecule has 3 nitrogen and oxygen atoms in total. The van der Waals surface area contributed by atoms with Gasteiger partial charge < -0.3 is 9.47 Å². The maximum atomic E-state index is 6.01. The Morgan fingerprint density at radius 2 is 1.76 bits per heavy atom. The molecule has 2 unspecified atom stereocenters. The molecule has 1 aliphatic heterocycles. The number of ether oxygens (including phenoxy) is 2. The van der Waals surface area contributed by atoms with Crippen molar-refractivity contribution in [1.29, 1.82) is 0 Å². The molecule has 2 rings (SSSR count). The summed E-state index contributed by atoms with van der Waals surface area (Å²) >= 11 is 0. The fourth-order valence-electron chi connectivity index (χ4n) is 3.00. The zero-order valence-corrected chi connectivity index (χ0v) is 14.3. The first-order chi connectivity index (χ1) is 9.71. The van der Waals surface area contributed by atoms with Gasteiger partial charge in [-0.1, -0.05) is 6.07 Å². The van der Waals surface area contributed by atoms with Gasteiger partial charge in [-0.2, -0.15) is 0 Å². The number of morpholine rings is 1. The quantitative estimate of drug-likeness (QED) is 0.846. The van der Waals surface area contributed by atoms with Gasteiger partial charge in [0.2, 0.25) is 0 Å². The van der Waals surface area contributed by atoms with Crippen LogP contribution in [0.1, 0.15) is 45.7 Å². The van der Waals surface area contributed by atoms with Gasteiger partial charge in [0.05, 0.1) is 12.2 Å². The Hall–Kier alpha value is -1.06. The summed E-state index contributed by atoms with van der Waals surface area (Å²) in [6.45, 7) is 15.6. The minimum absolute atomic E-state index is 0.160. The molecule has 2 atom stereocenters. The second-order valence-electron chi connectivity index (χ2n) is 7.32. The summed E-state index contributed by atoms with van der Waals surface area (Å²) in [6, 6.07) is 6.53. The van der Waals surface area contributed by atoms with Gasteiger partial charge in [-0.15, -0.1) is 0 Å². The van der Waals surface area contributed by atoms with Crippen LogP contribution in [0.5, 0.6) is 5.75 Å². The topological polar surface area (TPSA) is 21.7 Å². The second kappa shape index (κ2) is 6.37. The number of aryl methyl sites for hydroxylation is 1. The molecule has 1 heterocycles. The molecule has 3 heteroatoms. The third kappa shape index (κ3) is 5.33. The number of rotatable bonds is 3. The molecule has 0 aliphatic carbocycles. The fourth-order valence-corrected chi connectivity index (χ4v) is 3.00. The minimum Gasteiger partial charge on any atom is -0.488 e. The molecule has 1 aromatic carbocycles. The van der Waals surface area contributed by atoms with Crippen molar-refractivity contribution in [1.82, 2.24) is 4.90 Å². The third-order valence-electron chi connectivity index (χ3n) is 3.44. The highest BCUT2D eigenvalue weighted by molar-refractivity contribution is 5.34. The first-order valence-corrected chi connectivity index (χ1v) is 7.89. The molecule has 0 N–H and O–H groups in total. The molecule has 21 heavy (non-hydrogen) atoms. The van der Waals surface area contributed by atoms with Crippen LogP contribution < -0.4 is 4.74 Å². The Morgan fingerprint density at radius 3 is 2.33 bits per heavy atom. The van der Waals surface area contributed by atoms with Crippen LogP contribution in [-0.4, -0.2) is 35.8 Å². The van der Waals surface area contributed by atoms with Gasteiger partial charge in [-0.3, -0.25) is 4.90 Å². The van der Waals surface area contributed by atoms with Gasteiger partial charge in [0.1, 0.15) is 11.4 Å². The molecule has 1 aliphatic rings. The van der Waals surface area contributed by atoms with E-state index in [-0.39, 0.29) is 5.60 Å². The molecule has 0 saturated carbocycles. The van der Waals surface area contributed by atoms with Gasteiger partial charge in [-0.05, 0) is 64.8 Å². The van der Waals surface area contributed by atoms with Crippen LogP contribution in [0.2, 0.25) is 0 Å². The maximum absolute atomic E-state index is 6.01. The van der Waals surface area contributed by atoms with Crippen LogP contribution in [-0.2, 0) is 11.3 Å². The standard InChI is InChI=1S/C18H29NO2/c1-13-7-16(9-17(8-13)21-18(4,5)6)12-19-10-14(2)20-15(3)11-19/h7-9,14-15H,10-12H2,1-6H3. The predicted molar refractivity (Wildman–Crippen MR) is 86.8 cm³/mol. The zero-order valence-electron chi connectivity index (χ0n) is 14.3. The maximum Gasteiger partial charge on any atom is 0.120 e. The summed E-state index contributed by atoms with van der Waals surface area (Å²) in [5, 5.41) is 0. The molecule has 0 spiro atoms. The van der Waals surface area contributed by atoms with Crippen LogP contribution in [0.4, 0.5) is 0 Å². The van der Waals surface area contributed by atoms with E-state index in [1.807, 2.05) is 0 Å². The van der Waals surface area contributed by atoms with E-state index >= 15 is 0 Å². The minimum atomic E-state index is -0.160. The van der Waals surface area contributed by atoms with E-state index in [0.717, 1.165) is 25.4 Å². The van der Waals surface area contributed by atoms with E-state index < -0.39 is 0 Å². The Bertz CT molecular complexity index is 469. The number of nitrogens with zero attached hydrogens (tertiary/aromatic N) is 1. The Labute approximate surface area is 129 Å². The first-order valence-electron chi connectivity index (χ1n) is 7.89. The summed E-state index contributed by atoms with van der Waals surface area (Å²) in [4.78, 5) is 2.47. The van der Waals surface area contributed by atoms with Crippen LogP contribution in [0.25, 0.3) is 0 Å².